The van der Waals surface area contributed by atoms with Gasteiger partial charge in [-0.15, -0.1) is 0 Å². The van der Waals surface area contributed by atoms with Crippen LogP contribution in [0.3, 0.4) is 0 Å². The fourth-order valence-corrected chi connectivity index (χ4v) is 5.07. The number of carbonyl (C=O) groups is 7. The number of unbranched alkanes of at least 4 members (excludes halogenated alkanes) is 7. The van der Waals surface area contributed by atoms with Crippen molar-refractivity contribution in [3.8, 4) is 0 Å². The maximum absolute atomic E-state index is 12.2. The number of amides is 4. The van der Waals surface area contributed by atoms with E-state index in [0.29, 0.717) is 84.6 Å². The Labute approximate surface area is 313 Å². The van der Waals surface area contributed by atoms with Crippen LogP contribution in [0, 0.1) is 0 Å². The van der Waals surface area contributed by atoms with Crippen molar-refractivity contribution in [1.29, 1.82) is 0 Å². The predicted octanol–water partition coefficient (Wildman–Crippen LogP) is 2.11. The van der Waals surface area contributed by atoms with Crippen LogP contribution in [-0.2, 0) is 43.0 Å². The minimum absolute atomic E-state index is 0.0447. The Balaban J connectivity index is 3.69. The second kappa shape index (κ2) is 34.0. The van der Waals surface area contributed by atoms with Crippen LogP contribution in [0.5, 0.6) is 0 Å². The molecule has 0 heterocycles. The van der Waals surface area contributed by atoms with Gasteiger partial charge in [0.1, 0.15) is 12.1 Å². The van der Waals surface area contributed by atoms with E-state index in [1.807, 2.05) is 0 Å². The first-order valence-electron chi connectivity index (χ1n) is 19.1. The number of carboxylic acids is 3. The molecular formula is C36H65N5O12. The average molecular weight is 760 g/mol. The number of rotatable bonds is 37. The quantitative estimate of drug-likeness (QED) is 0.0423. The first-order valence-corrected chi connectivity index (χ1v) is 19.1. The number of hydrogen-bond acceptors (Lipinski definition) is 10. The highest BCUT2D eigenvalue weighted by Crippen LogP contribution is 2.09. The van der Waals surface area contributed by atoms with Crippen molar-refractivity contribution in [2.45, 2.75) is 134 Å². The molecule has 8 N–H and O–H groups in total. The zero-order valence-corrected chi connectivity index (χ0v) is 31.6. The van der Waals surface area contributed by atoms with Crippen LogP contribution in [-0.4, -0.2) is 122 Å². The summed E-state index contributed by atoms with van der Waals surface area (Å²) < 4.78 is 11.2. The second-order valence-electron chi connectivity index (χ2n) is 12.9. The monoisotopic (exact) mass is 759 g/mol. The van der Waals surface area contributed by atoms with Gasteiger partial charge >= 0.3 is 17.9 Å². The van der Waals surface area contributed by atoms with Gasteiger partial charge in [-0.2, -0.15) is 0 Å². The maximum atomic E-state index is 12.2. The molecule has 306 valence electrons. The molecule has 0 fully saturated rings. The Morgan fingerprint density at radius 2 is 0.906 bits per heavy atom. The number of carboxylic acid groups (broad SMARTS) is 3. The molecule has 0 unspecified atom stereocenters. The summed E-state index contributed by atoms with van der Waals surface area (Å²) in [5.41, 5.74) is 0. The third-order valence-electron chi connectivity index (χ3n) is 8.21. The summed E-state index contributed by atoms with van der Waals surface area (Å²) in [5, 5.41) is 40.3. The van der Waals surface area contributed by atoms with Crippen LogP contribution >= 0.6 is 0 Å². The lowest BCUT2D eigenvalue weighted by Gasteiger charge is -2.15. The number of nitrogens with one attached hydrogen (secondary N) is 5. The third-order valence-corrected chi connectivity index (χ3v) is 8.21. The van der Waals surface area contributed by atoms with Gasteiger partial charge in [0.25, 0.3) is 0 Å². The second-order valence-corrected chi connectivity index (χ2v) is 12.9. The van der Waals surface area contributed by atoms with Gasteiger partial charge in [0.2, 0.25) is 23.6 Å². The van der Waals surface area contributed by atoms with Crippen LogP contribution in [0.25, 0.3) is 0 Å². The zero-order chi connectivity index (χ0) is 39.5. The highest BCUT2D eigenvalue weighted by Gasteiger charge is 2.21. The van der Waals surface area contributed by atoms with Crippen molar-refractivity contribution in [3.05, 3.63) is 0 Å². The van der Waals surface area contributed by atoms with E-state index in [1.54, 1.807) is 7.05 Å². The van der Waals surface area contributed by atoms with Crippen molar-refractivity contribution < 1.29 is 58.4 Å². The Morgan fingerprint density at radius 1 is 0.453 bits per heavy atom. The van der Waals surface area contributed by atoms with Crippen LogP contribution in [0.2, 0.25) is 0 Å². The molecule has 0 aromatic rings. The minimum atomic E-state index is -1.28. The van der Waals surface area contributed by atoms with Crippen LogP contribution < -0.4 is 26.6 Å². The first kappa shape index (κ1) is 49.2. The van der Waals surface area contributed by atoms with Crippen molar-refractivity contribution >= 4 is 41.5 Å². The molecule has 0 radical (unpaired) electrons. The Bertz CT molecular complexity index is 1060. The molecule has 0 saturated carbocycles. The summed E-state index contributed by atoms with van der Waals surface area (Å²) in [6.07, 6.45) is 10.2. The molecule has 0 aromatic carbocycles. The molecule has 17 nitrogen and oxygen atoms in total. The number of hydrogen-bond donors (Lipinski definition) is 8. The molecule has 2 atom stereocenters. The summed E-state index contributed by atoms with van der Waals surface area (Å²) in [4.78, 5) is 81.2. The zero-order valence-electron chi connectivity index (χ0n) is 31.6. The molecular weight excluding hydrogens is 694 g/mol. The van der Waals surface area contributed by atoms with E-state index in [-0.39, 0.29) is 49.8 Å². The number of carbonyl (C=O) groups excluding carboxylic acids is 4. The normalized spacial score (nSPS) is 12.0. The summed E-state index contributed by atoms with van der Waals surface area (Å²) in [6.45, 7) is 3.47. The third kappa shape index (κ3) is 32.5. The van der Waals surface area contributed by atoms with E-state index in [9.17, 15) is 38.7 Å². The number of aliphatic carboxylic acids is 3. The molecule has 0 aliphatic carbocycles. The van der Waals surface area contributed by atoms with Gasteiger partial charge in [0.15, 0.2) is 0 Å². The minimum Gasteiger partial charge on any atom is -0.481 e. The Kier molecular flexibility index (Phi) is 31.5. The molecule has 0 aromatic heterocycles. The summed E-state index contributed by atoms with van der Waals surface area (Å²) in [5.74, 6) is -4.25. The van der Waals surface area contributed by atoms with Gasteiger partial charge in [0, 0.05) is 78.2 Å². The first-order chi connectivity index (χ1) is 25.5. The summed E-state index contributed by atoms with van der Waals surface area (Å²) >= 11 is 0. The SMILES string of the molecule is CN[C@@H](CCCCNC(=O)CC[C@H](NC(=O)CCC(=O)NCCCOCCCCOCCCNC(=O)CCCCCCCCC(=O)O)C(=O)O)C(=O)O. The molecule has 0 bridgehead atoms. The van der Waals surface area contributed by atoms with Crippen molar-refractivity contribution in [2.75, 3.05) is 53.1 Å². The van der Waals surface area contributed by atoms with Crippen LogP contribution in [0.15, 0.2) is 0 Å². The van der Waals surface area contributed by atoms with E-state index in [2.05, 4.69) is 26.6 Å². The largest absolute Gasteiger partial charge is 0.481 e. The van der Waals surface area contributed by atoms with E-state index in [4.69, 9.17) is 19.7 Å². The highest BCUT2D eigenvalue weighted by molar-refractivity contribution is 5.87. The lowest BCUT2D eigenvalue weighted by atomic mass is 10.1. The fraction of sp³-hybridized carbons (Fsp3) is 0.806. The average Bonchev–Trinajstić information content (AvgIpc) is 3.11. The molecule has 0 aliphatic rings. The Morgan fingerprint density at radius 3 is 1.43 bits per heavy atom. The van der Waals surface area contributed by atoms with Crippen molar-refractivity contribution in [1.82, 2.24) is 26.6 Å². The molecule has 0 saturated heterocycles. The van der Waals surface area contributed by atoms with Gasteiger partial charge in [-0.1, -0.05) is 25.7 Å². The number of likely N-dealkylation sites (N-methyl/N-ethyl adjacent to an activating group) is 1. The van der Waals surface area contributed by atoms with Crippen molar-refractivity contribution in [3.63, 3.8) is 0 Å². The highest BCUT2D eigenvalue weighted by atomic mass is 16.5. The van der Waals surface area contributed by atoms with Gasteiger partial charge in [-0.05, 0) is 71.3 Å². The standard InChI is InChI=1S/C36H65N5O12/c1-37-28(35(48)49)14-8-9-21-38-31(43)18-17-29(36(50)51)41-33(45)20-19-32(44)40-23-13-27-53-25-11-10-24-52-26-12-22-39-30(42)15-6-4-2-3-5-7-16-34(46)47/h28-29,37H,2-27H2,1H3,(H,38,43)(H,39,42)(H,40,44)(H,41,45)(H,46,47)(H,48,49)(H,50,51)/t28-,29-/m0/s1. The topological polar surface area (TPSA) is 259 Å². The van der Waals surface area contributed by atoms with Gasteiger partial charge < -0.3 is 51.4 Å². The molecule has 0 spiro atoms. The smallest absolute Gasteiger partial charge is 0.326 e. The molecule has 0 rings (SSSR count). The lowest BCUT2D eigenvalue weighted by Crippen LogP contribution is -2.42. The summed E-state index contributed by atoms with van der Waals surface area (Å²) in [7, 11) is 1.56. The van der Waals surface area contributed by atoms with Gasteiger partial charge in [0.05, 0.1) is 0 Å². The van der Waals surface area contributed by atoms with E-state index in [0.717, 1.165) is 51.4 Å². The van der Waals surface area contributed by atoms with Gasteiger partial charge in [-0.3, -0.25) is 28.8 Å². The number of ether oxygens (including phenoxy) is 2. The fourth-order valence-electron chi connectivity index (χ4n) is 5.07. The summed E-state index contributed by atoms with van der Waals surface area (Å²) in [6, 6.07) is -1.92. The van der Waals surface area contributed by atoms with E-state index < -0.39 is 35.9 Å². The van der Waals surface area contributed by atoms with E-state index in [1.165, 1.54) is 0 Å². The van der Waals surface area contributed by atoms with E-state index >= 15 is 0 Å². The maximum Gasteiger partial charge on any atom is 0.326 e. The van der Waals surface area contributed by atoms with Crippen LogP contribution in [0.1, 0.15) is 122 Å². The predicted molar refractivity (Wildman–Crippen MR) is 196 cm³/mol. The van der Waals surface area contributed by atoms with Crippen molar-refractivity contribution in [2.24, 2.45) is 0 Å². The van der Waals surface area contributed by atoms with Gasteiger partial charge in [-0.25, -0.2) is 4.79 Å². The molecule has 53 heavy (non-hydrogen) atoms. The lowest BCUT2D eigenvalue weighted by molar-refractivity contribution is -0.142. The van der Waals surface area contributed by atoms with Crippen LogP contribution in [0.4, 0.5) is 0 Å². The molecule has 17 heteroatoms. The molecule has 0 aliphatic heterocycles. The Hall–Kier alpha value is -3.83. The molecule has 4 amide bonds.